The molecular weight excluding hydrogens is 730 g/mol. The van der Waals surface area contributed by atoms with Crippen LogP contribution in [-0.4, -0.2) is 106 Å². The smallest absolute Gasteiger partial charge is 0.407 e. The number of carbonyl (C=O) groups is 4. The van der Waals surface area contributed by atoms with Crippen molar-refractivity contribution < 1.29 is 45.9 Å². The summed E-state index contributed by atoms with van der Waals surface area (Å²) < 4.78 is 67.8. The van der Waals surface area contributed by atoms with Gasteiger partial charge < -0.3 is 25.0 Å². The number of methoxy groups -OCH3 is 1. The molecule has 54 heavy (non-hydrogen) atoms. The van der Waals surface area contributed by atoms with E-state index in [4.69, 9.17) is 9.47 Å². The van der Waals surface area contributed by atoms with Gasteiger partial charge in [0.05, 0.1) is 24.7 Å². The number of halogens is 2. The number of fused-ring (bicyclic) bond motifs is 8. The molecule has 0 unspecified atom stereocenters. The minimum Gasteiger partial charge on any atom is -0.496 e. The molecular formula is C35H46F2N8O8S. The molecule has 0 spiro atoms. The lowest BCUT2D eigenvalue weighted by Gasteiger charge is -2.36. The standard InChI is InChI=1S/C35H46F2N8O8S/c1-33(2,3)27-30(47)44-19-22(18-25(44)29(46)39-34(14-15-35(36,37)20-34)31(48)42-54(50,51)24-11-12-24)28-40-43-45(41-28)23-10-13-26(52-4)21(17-23)9-7-5-6-8-16-53-32(49)38-27/h7,9-10,13,17,22,24-25,27H,5-6,8,11-12,14-16,18-20H2,1-4H3,(H,38,49)(H,39,46)(H,42,48)/b9-7+/t22-,25+,27-,34-/m1/s1. The SMILES string of the molecule is COc1ccc2cc1/C=C/CCCCOC(=O)N[C@@H](C(C)(C)C)C(=O)N1C[C@@H](C[C@H]1C(=O)N[C@]1(C(=O)NS(=O)(=O)C3CC3)CCC(F)(F)C1)c1nnn-2n1. The summed E-state index contributed by atoms with van der Waals surface area (Å²) in [6.45, 7) is 5.12. The molecule has 2 aromatic rings. The van der Waals surface area contributed by atoms with Crippen molar-refractivity contribution in [3.63, 3.8) is 0 Å². The third kappa shape index (κ3) is 8.50. The maximum absolute atomic E-state index is 14.8. The number of nitrogens with one attached hydrogen (secondary N) is 3. The Morgan fingerprint density at radius 2 is 1.89 bits per heavy atom. The molecule has 294 valence electrons. The minimum atomic E-state index is -4.15. The number of hydrogen-bond acceptors (Lipinski definition) is 11. The second-order valence-corrected chi connectivity index (χ2v) is 17.5. The lowest BCUT2D eigenvalue weighted by atomic mass is 9.85. The summed E-state index contributed by atoms with van der Waals surface area (Å²) in [5.74, 6) is -6.15. The number of benzene rings is 1. The van der Waals surface area contributed by atoms with Gasteiger partial charge in [-0.1, -0.05) is 32.9 Å². The van der Waals surface area contributed by atoms with E-state index in [1.807, 2.05) is 22.9 Å². The van der Waals surface area contributed by atoms with E-state index in [2.05, 4.69) is 26.0 Å². The van der Waals surface area contributed by atoms with E-state index in [9.17, 15) is 36.4 Å². The Morgan fingerprint density at radius 1 is 1.13 bits per heavy atom. The molecule has 1 aromatic heterocycles. The van der Waals surface area contributed by atoms with E-state index in [-0.39, 0.29) is 25.4 Å². The van der Waals surface area contributed by atoms with Crippen molar-refractivity contribution in [2.75, 3.05) is 20.3 Å². The fourth-order valence-electron chi connectivity index (χ4n) is 7.08. The molecule has 1 aromatic carbocycles. The van der Waals surface area contributed by atoms with Crippen molar-refractivity contribution in [3.8, 4) is 11.4 Å². The Balaban J connectivity index is 1.35. The van der Waals surface area contributed by atoms with Crippen LogP contribution >= 0.6 is 0 Å². The topological polar surface area (TPSA) is 204 Å². The van der Waals surface area contributed by atoms with Crippen molar-refractivity contribution in [3.05, 3.63) is 35.7 Å². The maximum atomic E-state index is 14.8. The van der Waals surface area contributed by atoms with Crippen LogP contribution in [0.3, 0.4) is 0 Å². The van der Waals surface area contributed by atoms with Crippen LogP contribution in [0.5, 0.6) is 5.75 Å². The number of hydrogen-bond donors (Lipinski definition) is 3. The molecule has 16 nitrogen and oxygen atoms in total. The highest BCUT2D eigenvalue weighted by atomic mass is 32.2. The zero-order valence-electron chi connectivity index (χ0n) is 30.6. The van der Waals surface area contributed by atoms with Crippen molar-refractivity contribution >= 4 is 39.9 Å². The average molecular weight is 777 g/mol. The van der Waals surface area contributed by atoms with E-state index in [1.165, 1.54) is 9.70 Å². The van der Waals surface area contributed by atoms with Crippen LogP contribution in [0.25, 0.3) is 11.8 Å². The number of sulfonamides is 1. The number of rotatable bonds is 6. The van der Waals surface area contributed by atoms with Crippen molar-refractivity contribution in [2.45, 2.75) is 113 Å². The van der Waals surface area contributed by atoms with Gasteiger partial charge in [-0.2, -0.15) is 0 Å². The predicted molar refractivity (Wildman–Crippen MR) is 189 cm³/mol. The van der Waals surface area contributed by atoms with Gasteiger partial charge in [-0.15, -0.1) is 15.0 Å². The molecule has 1 saturated heterocycles. The van der Waals surface area contributed by atoms with Gasteiger partial charge in [0, 0.05) is 30.9 Å². The number of nitrogens with zero attached hydrogens (tertiary/aromatic N) is 5. The third-order valence-electron chi connectivity index (χ3n) is 10.3. The zero-order chi connectivity index (χ0) is 39.1. The van der Waals surface area contributed by atoms with Crippen LogP contribution in [0.2, 0.25) is 0 Å². The summed E-state index contributed by atoms with van der Waals surface area (Å²) in [6.07, 6.45) is 3.08. The first-order valence-corrected chi connectivity index (χ1v) is 19.6. The normalized spacial score (nSPS) is 27.0. The van der Waals surface area contributed by atoms with Crippen LogP contribution < -0.4 is 20.1 Å². The van der Waals surface area contributed by atoms with Crippen molar-refractivity contribution in [1.82, 2.24) is 40.5 Å². The van der Waals surface area contributed by atoms with Crippen molar-refractivity contribution in [2.24, 2.45) is 5.41 Å². The number of alkyl halides is 2. The summed E-state index contributed by atoms with van der Waals surface area (Å²) in [6, 6.07) is 2.75. The third-order valence-corrected chi connectivity index (χ3v) is 12.1. The summed E-state index contributed by atoms with van der Waals surface area (Å²) in [5.41, 5.74) is -1.85. The highest BCUT2D eigenvalue weighted by Crippen LogP contribution is 2.43. The van der Waals surface area contributed by atoms with Gasteiger partial charge in [-0.3, -0.25) is 19.1 Å². The van der Waals surface area contributed by atoms with Gasteiger partial charge in [0.15, 0.2) is 5.82 Å². The zero-order valence-corrected chi connectivity index (χ0v) is 31.5. The molecule has 2 saturated carbocycles. The Labute approximate surface area is 311 Å². The van der Waals surface area contributed by atoms with Gasteiger partial charge in [0.25, 0.3) is 11.8 Å². The number of amides is 4. The highest BCUT2D eigenvalue weighted by molar-refractivity contribution is 7.91. The Bertz CT molecular complexity index is 1930. The van der Waals surface area contributed by atoms with E-state index in [0.717, 1.165) is 5.56 Å². The molecule has 4 aliphatic rings. The van der Waals surface area contributed by atoms with E-state index in [1.54, 1.807) is 40.0 Å². The van der Waals surface area contributed by atoms with Gasteiger partial charge in [-0.05, 0) is 73.8 Å². The molecule has 19 heteroatoms. The van der Waals surface area contributed by atoms with Gasteiger partial charge in [-0.25, -0.2) is 22.0 Å². The lowest BCUT2D eigenvalue weighted by Crippen LogP contribution is -2.63. The van der Waals surface area contributed by atoms with Gasteiger partial charge in [0.1, 0.15) is 23.4 Å². The molecule has 6 bridgehead atoms. The van der Waals surface area contributed by atoms with Crippen LogP contribution in [0, 0.1) is 5.41 Å². The quantitative estimate of drug-likeness (QED) is 0.389. The maximum Gasteiger partial charge on any atom is 0.407 e. The molecule has 2 aliphatic carbocycles. The van der Waals surface area contributed by atoms with Gasteiger partial charge in [0.2, 0.25) is 21.8 Å². The first-order valence-electron chi connectivity index (χ1n) is 18.1. The molecule has 3 heterocycles. The largest absolute Gasteiger partial charge is 0.496 e. The number of tetrazole rings is 1. The number of carbonyl (C=O) groups excluding carboxylic acids is 4. The van der Waals surface area contributed by atoms with Gasteiger partial charge >= 0.3 is 6.09 Å². The Hall–Kier alpha value is -4.68. The summed E-state index contributed by atoms with van der Waals surface area (Å²) in [4.78, 5) is 57.8. The highest BCUT2D eigenvalue weighted by Gasteiger charge is 2.57. The average Bonchev–Trinajstić information content (AvgIpc) is 3.55. The number of alkyl carbamates (subject to hydrolysis) is 1. The molecule has 4 atom stereocenters. The molecule has 4 amide bonds. The lowest BCUT2D eigenvalue weighted by molar-refractivity contribution is -0.143. The monoisotopic (exact) mass is 776 g/mol. The van der Waals surface area contributed by atoms with Crippen LogP contribution in [0.15, 0.2) is 24.3 Å². The second kappa shape index (κ2) is 14.9. The Morgan fingerprint density at radius 3 is 2.56 bits per heavy atom. The van der Waals surface area contributed by atoms with E-state index < -0.39 is 93.2 Å². The minimum absolute atomic E-state index is 0.0867. The Kier molecular flexibility index (Phi) is 10.7. The summed E-state index contributed by atoms with van der Waals surface area (Å²) in [7, 11) is -2.59. The van der Waals surface area contributed by atoms with E-state index >= 15 is 0 Å². The first-order chi connectivity index (χ1) is 25.4. The number of allylic oxidation sites excluding steroid dienone is 1. The van der Waals surface area contributed by atoms with Crippen LogP contribution in [-0.2, 0) is 29.1 Å². The van der Waals surface area contributed by atoms with Crippen LogP contribution in [0.4, 0.5) is 13.6 Å². The second-order valence-electron chi connectivity index (χ2n) is 15.6. The number of cyclic esters (lactones) is 1. The van der Waals surface area contributed by atoms with E-state index in [0.29, 0.717) is 43.5 Å². The molecule has 2 aliphatic heterocycles. The summed E-state index contributed by atoms with van der Waals surface area (Å²) in [5, 5.41) is 17.3. The summed E-state index contributed by atoms with van der Waals surface area (Å²) >= 11 is 0. The number of aromatic nitrogens is 4. The molecule has 3 N–H and O–H groups in total. The fraction of sp³-hybridized carbons (Fsp3) is 0.629. The predicted octanol–water partition coefficient (Wildman–Crippen LogP) is 2.98. The first kappa shape index (κ1) is 39.0. The molecule has 3 fully saturated rings. The van der Waals surface area contributed by atoms with Crippen molar-refractivity contribution in [1.29, 1.82) is 0 Å². The fourth-order valence-corrected chi connectivity index (χ4v) is 8.46. The molecule has 0 radical (unpaired) electrons. The van der Waals surface area contributed by atoms with Crippen LogP contribution in [0.1, 0.15) is 95.9 Å². The molecule has 6 rings (SSSR count). The number of ether oxygens (including phenoxy) is 2.